The average molecular weight is 334 g/mol. The first-order chi connectivity index (χ1) is 9.74. The lowest BCUT2D eigenvalue weighted by molar-refractivity contribution is -0.361. The van der Waals surface area contributed by atoms with Crippen LogP contribution < -0.4 is 4.74 Å². The Bertz CT molecular complexity index is 506. The van der Waals surface area contributed by atoms with E-state index < -0.39 is 30.0 Å². The van der Waals surface area contributed by atoms with Crippen LogP contribution in [-0.2, 0) is 5.60 Å². The lowest BCUT2D eigenvalue weighted by atomic mass is 9.87. The summed E-state index contributed by atoms with van der Waals surface area (Å²) in [6.07, 6.45) is -8.52. The highest BCUT2D eigenvalue weighted by Crippen LogP contribution is 2.50. The van der Waals surface area contributed by atoms with Crippen LogP contribution >= 0.6 is 0 Å². The first-order valence-corrected chi connectivity index (χ1v) is 5.94. The molecule has 0 saturated heterocycles. The summed E-state index contributed by atoms with van der Waals surface area (Å²) < 4.78 is 93.5. The van der Waals surface area contributed by atoms with Crippen LogP contribution in [-0.4, -0.2) is 30.2 Å². The van der Waals surface area contributed by atoms with E-state index in [0.29, 0.717) is 5.75 Å². The smallest absolute Gasteiger partial charge is 0.459 e. The summed E-state index contributed by atoms with van der Waals surface area (Å²) in [4.78, 5) is 0. The van der Waals surface area contributed by atoms with Crippen molar-refractivity contribution in [3.05, 3.63) is 29.8 Å². The lowest BCUT2D eigenvalue weighted by Crippen LogP contribution is -2.54. The fourth-order valence-corrected chi connectivity index (χ4v) is 1.80. The van der Waals surface area contributed by atoms with Crippen molar-refractivity contribution in [3.8, 4) is 5.75 Å². The van der Waals surface area contributed by atoms with Gasteiger partial charge in [-0.25, -0.2) is 0 Å². The van der Waals surface area contributed by atoms with Gasteiger partial charge in [-0.3, -0.25) is 0 Å². The van der Waals surface area contributed by atoms with Crippen molar-refractivity contribution < 1.29 is 40.6 Å². The number of ether oxygens (including phenoxy) is 1. The minimum absolute atomic E-state index is 0.244. The molecule has 1 unspecified atom stereocenters. The zero-order valence-electron chi connectivity index (χ0n) is 11.5. The van der Waals surface area contributed by atoms with Gasteiger partial charge in [0, 0.05) is 0 Å². The quantitative estimate of drug-likeness (QED) is 0.821. The van der Waals surface area contributed by atoms with Crippen LogP contribution in [0, 0.1) is 0 Å². The lowest BCUT2D eigenvalue weighted by Gasteiger charge is -2.34. The van der Waals surface area contributed by atoms with Crippen molar-refractivity contribution in [2.75, 3.05) is 7.11 Å². The van der Waals surface area contributed by atoms with Crippen molar-refractivity contribution in [3.63, 3.8) is 0 Å². The molecule has 1 N–H and O–H groups in total. The number of halogens is 7. The zero-order valence-corrected chi connectivity index (χ0v) is 11.5. The summed E-state index contributed by atoms with van der Waals surface area (Å²) in [5.74, 6) is -11.4. The Labute approximate surface area is 121 Å². The van der Waals surface area contributed by atoms with Crippen LogP contribution in [0.5, 0.6) is 5.75 Å². The van der Waals surface area contributed by atoms with Gasteiger partial charge in [0.15, 0.2) is 0 Å². The minimum atomic E-state index is -6.42. The highest BCUT2D eigenvalue weighted by molar-refractivity contribution is 5.30. The van der Waals surface area contributed by atoms with Crippen molar-refractivity contribution in [1.82, 2.24) is 0 Å². The van der Waals surface area contributed by atoms with Gasteiger partial charge in [-0.15, -0.1) is 0 Å². The fourth-order valence-electron chi connectivity index (χ4n) is 1.80. The Morgan fingerprint density at radius 3 is 1.77 bits per heavy atom. The highest BCUT2D eigenvalue weighted by atomic mass is 19.4. The molecule has 1 atom stereocenters. The molecule has 0 spiro atoms. The average Bonchev–Trinajstić information content (AvgIpc) is 2.36. The summed E-state index contributed by atoms with van der Waals surface area (Å²) in [5, 5.41) is 9.89. The van der Waals surface area contributed by atoms with Crippen LogP contribution in [0.3, 0.4) is 0 Å². The van der Waals surface area contributed by atoms with Crippen molar-refractivity contribution >= 4 is 0 Å². The molecule has 1 rings (SSSR count). The van der Waals surface area contributed by atoms with Gasteiger partial charge < -0.3 is 9.84 Å². The Balaban J connectivity index is 3.08. The topological polar surface area (TPSA) is 29.5 Å². The van der Waals surface area contributed by atoms with E-state index in [-0.39, 0.29) is 5.56 Å². The first-order valence-electron chi connectivity index (χ1n) is 5.94. The number of benzene rings is 1. The molecule has 0 fully saturated rings. The van der Waals surface area contributed by atoms with Crippen LogP contribution in [0.2, 0.25) is 0 Å². The SMILES string of the molecule is COc1ccc(C(C)(O)CC(F)(F)C(F)(F)C(F)(F)F)cc1. The molecule has 0 radical (unpaired) electrons. The predicted molar refractivity (Wildman–Crippen MR) is 63.1 cm³/mol. The predicted octanol–water partition coefficient (Wildman–Crippen LogP) is 4.13. The number of methoxy groups -OCH3 is 1. The highest BCUT2D eigenvalue weighted by Gasteiger charge is 2.73. The van der Waals surface area contributed by atoms with Crippen LogP contribution in [0.1, 0.15) is 18.9 Å². The Morgan fingerprint density at radius 2 is 1.41 bits per heavy atom. The maximum atomic E-state index is 13.4. The van der Waals surface area contributed by atoms with E-state index in [1.807, 2.05) is 0 Å². The van der Waals surface area contributed by atoms with E-state index in [1.54, 1.807) is 0 Å². The van der Waals surface area contributed by atoms with Gasteiger partial charge >= 0.3 is 18.0 Å². The molecule has 0 saturated carbocycles. The van der Waals surface area contributed by atoms with Crippen LogP contribution in [0.4, 0.5) is 30.7 Å². The largest absolute Gasteiger partial charge is 0.497 e. The maximum absolute atomic E-state index is 13.4. The molecular formula is C13H13F7O2. The number of aliphatic hydroxyl groups is 1. The van der Waals surface area contributed by atoms with Gasteiger partial charge in [0.1, 0.15) is 5.75 Å². The summed E-state index contributed by atoms with van der Waals surface area (Å²) in [7, 11) is 1.31. The molecule has 1 aromatic carbocycles. The van der Waals surface area contributed by atoms with E-state index in [9.17, 15) is 35.8 Å². The third-order valence-electron chi connectivity index (χ3n) is 3.09. The number of hydrogen-bond acceptors (Lipinski definition) is 2. The van der Waals surface area contributed by atoms with Crippen molar-refractivity contribution in [1.29, 1.82) is 0 Å². The second-order valence-electron chi connectivity index (χ2n) is 4.96. The molecule has 1 aromatic rings. The summed E-state index contributed by atoms with van der Waals surface area (Å²) >= 11 is 0. The molecular weight excluding hydrogens is 321 g/mol. The maximum Gasteiger partial charge on any atom is 0.459 e. The minimum Gasteiger partial charge on any atom is -0.497 e. The molecule has 0 aliphatic rings. The van der Waals surface area contributed by atoms with E-state index in [1.165, 1.54) is 19.2 Å². The van der Waals surface area contributed by atoms with Gasteiger partial charge in [0.2, 0.25) is 0 Å². The van der Waals surface area contributed by atoms with E-state index in [0.717, 1.165) is 19.1 Å². The van der Waals surface area contributed by atoms with E-state index in [2.05, 4.69) is 0 Å². The third-order valence-corrected chi connectivity index (χ3v) is 3.09. The molecule has 2 nitrogen and oxygen atoms in total. The first kappa shape index (κ1) is 18.5. The van der Waals surface area contributed by atoms with Crippen LogP contribution in [0.15, 0.2) is 24.3 Å². The van der Waals surface area contributed by atoms with Gasteiger partial charge in [-0.2, -0.15) is 30.7 Å². The normalized spacial score (nSPS) is 16.3. The molecule has 0 heterocycles. The number of rotatable bonds is 5. The van der Waals surface area contributed by atoms with Gasteiger partial charge in [0.05, 0.1) is 19.1 Å². The number of hydrogen-bond donors (Lipinski definition) is 1. The molecule has 0 aromatic heterocycles. The Hall–Kier alpha value is -1.51. The summed E-state index contributed by atoms with van der Waals surface area (Å²) in [6.45, 7) is 0.731. The van der Waals surface area contributed by atoms with E-state index in [4.69, 9.17) is 4.74 Å². The molecule has 0 aliphatic heterocycles. The summed E-state index contributed by atoms with van der Waals surface area (Å²) in [5.41, 5.74) is -2.84. The second kappa shape index (κ2) is 5.60. The standard InChI is InChI=1S/C13H13F7O2/c1-10(21,8-3-5-9(22-2)6-4-8)7-11(14,15)12(16,17)13(18,19)20/h3-6,21H,7H2,1-2H3. The molecule has 22 heavy (non-hydrogen) atoms. The number of alkyl halides is 7. The van der Waals surface area contributed by atoms with Crippen LogP contribution in [0.25, 0.3) is 0 Å². The third kappa shape index (κ3) is 3.45. The monoisotopic (exact) mass is 334 g/mol. The van der Waals surface area contributed by atoms with Crippen molar-refractivity contribution in [2.45, 2.75) is 37.0 Å². The van der Waals surface area contributed by atoms with Crippen molar-refractivity contribution in [2.24, 2.45) is 0 Å². The zero-order chi connectivity index (χ0) is 17.4. The molecule has 126 valence electrons. The van der Waals surface area contributed by atoms with Gasteiger partial charge in [0.25, 0.3) is 0 Å². The molecule has 0 amide bonds. The molecule has 9 heteroatoms. The Morgan fingerprint density at radius 1 is 0.955 bits per heavy atom. The van der Waals surface area contributed by atoms with E-state index >= 15 is 0 Å². The van der Waals surface area contributed by atoms with Gasteiger partial charge in [-0.05, 0) is 24.6 Å². The summed E-state index contributed by atoms with van der Waals surface area (Å²) in [6, 6.07) is 4.70. The molecule has 0 bridgehead atoms. The molecule has 0 aliphatic carbocycles. The fraction of sp³-hybridized carbons (Fsp3) is 0.538. The second-order valence-corrected chi connectivity index (χ2v) is 4.96. The Kier molecular flexibility index (Phi) is 4.72. The van der Waals surface area contributed by atoms with Gasteiger partial charge in [-0.1, -0.05) is 12.1 Å².